The van der Waals surface area contributed by atoms with Gasteiger partial charge in [-0.3, -0.25) is 14.4 Å². The molecule has 0 rings (SSSR count). The average molecular weight is 1020 g/mol. The van der Waals surface area contributed by atoms with E-state index >= 15 is 0 Å². The molecule has 0 aromatic carbocycles. The van der Waals surface area contributed by atoms with Crippen LogP contribution in [0.4, 0.5) is 0 Å². The number of hydrogen-bond acceptors (Lipinski definition) is 6. The predicted molar refractivity (Wildman–Crippen MR) is 316 cm³/mol. The predicted octanol–water partition coefficient (Wildman–Crippen LogP) is 21.6. The highest BCUT2D eigenvalue weighted by Crippen LogP contribution is 2.16. The maximum atomic E-state index is 12.9. The molecule has 0 aromatic heterocycles. The van der Waals surface area contributed by atoms with Gasteiger partial charge in [0.2, 0.25) is 0 Å². The molecule has 0 bridgehead atoms. The molecule has 0 spiro atoms. The lowest BCUT2D eigenvalue weighted by Crippen LogP contribution is -2.30. The fourth-order valence-electron chi connectivity index (χ4n) is 9.19. The minimum atomic E-state index is -0.792. The topological polar surface area (TPSA) is 78.9 Å². The standard InChI is InChI=1S/C67H120O6/c1-4-7-10-13-16-19-22-25-28-31-34-37-39-42-45-48-51-54-57-60-66(69)72-63-64(73-67(70)61-58-55-52-49-46-43-40-36-33-30-27-24-21-18-15-12-9-6-3)62-71-65(68)59-56-53-50-47-44-41-38-35-32-29-26-23-20-17-14-11-8-5-2/h29-36,38,40,64H,4-28,37,39,41-63H2,1-3H3/b32-29-,33-30-,34-31-,38-35-,40-36-. The average Bonchev–Trinajstić information content (AvgIpc) is 3.39. The van der Waals surface area contributed by atoms with E-state index in [-0.39, 0.29) is 31.1 Å². The Morgan fingerprint density at radius 1 is 0.274 bits per heavy atom. The van der Waals surface area contributed by atoms with E-state index in [1.165, 1.54) is 193 Å². The summed E-state index contributed by atoms with van der Waals surface area (Å²) in [5.41, 5.74) is 0. The lowest BCUT2D eigenvalue weighted by atomic mass is 10.1. The summed E-state index contributed by atoms with van der Waals surface area (Å²) < 4.78 is 16.9. The molecule has 0 amide bonds. The minimum absolute atomic E-state index is 0.0866. The first-order valence-electron chi connectivity index (χ1n) is 31.8. The lowest BCUT2D eigenvalue weighted by molar-refractivity contribution is -0.167. The Morgan fingerprint density at radius 3 is 0.767 bits per heavy atom. The zero-order chi connectivity index (χ0) is 52.9. The third-order valence-electron chi connectivity index (χ3n) is 14.0. The van der Waals surface area contributed by atoms with Gasteiger partial charge < -0.3 is 14.2 Å². The van der Waals surface area contributed by atoms with Crippen LogP contribution in [0.2, 0.25) is 0 Å². The summed E-state index contributed by atoms with van der Waals surface area (Å²) in [5.74, 6) is -0.905. The van der Waals surface area contributed by atoms with Crippen LogP contribution in [0, 0.1) is 0 Å². The van der Waals surface area contributed by atoms with E-state index in [1.54, 1.807) is 0 Å². The van der Waals surface area contributed by atoms with Crippen molar-refractivity contribution in [2.75, 3.05) is 13.2 Å². The van der Waals surface area contributed by atoms with Gasteiger partial charge in [0.25, 0.3) is 0 Å². The molecule has 0 saturated carbocycles. The summed E-state index contributed by atoms with van der Waals surface area (Å²) in [5, 5.41) is 0. The van der Waals surface area contributed by atoms with Gasteiger partial charge >= 0.3 is 17.9 Å². The summed E-state index contributed by atoms with van der Waals surface area (Å²) in [6.45, 7) is 6.64. The van der Waals surface area contributed by atoms with Crippen molar-refractivity contribution in [3.63, 3.8) is 0 Å². The molecule has 0 aromatic rings. The largest absolute Gasteiger partial charge is 0.462 e. The molecular weight excluding hydrogens is 901 g/mol. The molecule has 0 aliphatic rings. The van der Waals surface area contributed by atoms with Crippen LogP contribution in [0.1, 0.15) is 329 Å². The maximum Gasteiger partial charge on any atom is 0.306 e. The lowest BCUT2D eigenvalue weighted by Gasteiger charge is -2.18. The highest BCUT2D eigenvalue weighted by Gasteiger charge is 2.19. The number of rotatable bonds is 58. The van der Waals surface area contributed by atoms with Crippen molar-refractivity contribution in [3.05, 3.63) is 60.8 Å². The molecule has 73 heavy (non-hydrogen) atoms. The van der Waals surface area contributed by atoms with E-state index in [2.05, 4.69) is 81.5 Å². The van der Waals surface area contributed by atoms with Crippen LogP contribution in [0.25, 0.3) is 0 Å². The number of allylic oxidation sites excluding steroid dienone is 10. The van der Waals surface area contributed by atoms with E-state index in [9.17, 15) is 14.4 Å². The summed E-state index contributed by atoms with van der Waals surface area (Å²) in [6.07, 6.45) is 77.9. The maximum absolute atomic E-state index is 12.9. The van der Waals surface area contributed by atoms with Gasteiger partial charge in [-0.05, 0) is 96.3 Å². The molecule has 1 atom stereocenters. The van der Waals surface area contributed by atoms with Crippen molar-refractivity contribution in [2.45, 2.75) is 335 Å². The molecule has 0 saturated heterocycles. The highest BCUT2D eigenvalue weighted by molar-refractivity contribution is 5.71. The van der Waals surface area contributed by atoms with Gasteiger partial charge in [-0.15, -0.1) is 0 Å². The Kier molecular flexibility index (Phi) is 59.2. The van der Waals surface area contributed by atoms with E-state index in [0.29, 0.717) is 19.3 Å². The van der Waals surface area contributed by atoms with Crippen LogP contribution in [-0.4, -0.2) is 37.2 Å². The van der Waals surface area contributed by atoms with Gasteiger partial charge in [0.1, 0.15) is 13.2 Å². The van der Waals surface area contributed by atoms with E-state index in [1.807, 2.05) is 0 Å². The zero-order valence-electron chi connectivity index (χ0n) is 48.7. The van der Waals surface area contributed by atoms with Crippen molar-refractivity contribution in [3.8, 4) is 0 Å². The first kappa shape index (κ1) is 70.1. The van der Waals surface area contributed by atoms with Gasteiger partial charge in [-0.2, -0.15) is 0 Å². The van der Waals surface area contributed by atoms with Gasteiger partial charge in [0.15, 0.2) is 6.10 Å². The highest BCUT2D eigenvalue weighted by atomic mass is 16.6. The molecule has 0 N–H and O–H groups in total. The van der Waals surface area contributed by atoms with Gasteiger partial charge in [-0.25, -0.2) is 0 Å². The second kappa shape index (κ2) is 61.7. The Labute approximate surface area is 453 Å². The molecule has 6 nitrogen and oxygen atoms in total. The summed E-state index contributed by atoms with van der Waals surface area (Å²) in [7, 11) is 0. The third kappa shape index (κ3) is 59.9. The number of esters is 3. The smallest absolute Gasteiger partial charge is 0.306 e. The molecule has 0 aliphatic heterocycles. The zero-order valence-corrected chi connectivity index (χ0v) is 48.7. The Bertz CT molecular complexity index is 1310. The Balaban J connectivity index is 4.42. The number of hydrogen-bond donors (Lipinski definition) is 0. The van der Waals surface area contributed by atoms with Crippen LogP contribution in [-0.2, 0) is 28.6 Å². The second-order valence-corrected chi connectivity index (χ2v) is 21.4. The Morgan fingerprint density at radius 2 is 0.493 bits per heavy atom. The summed E-state index contributed by atoms with van der Waals surface area (Å²) in [4.78, 5) is 38.3. The normalized spacial score (nSPS) is 12.4. The molecule has 1 unspecified atom stereocenters. The van der Waals surface area contributed by atoms with Crippen molar-refractivity contribution in [1.82, 2.24) is 0 Å². The molecule has 0 radical (unpaired) electrons. The summed E-state index contributed by atoms with van der Waals surface area (Å²) in [6, 6.07) is 0. The fraction of sp³-hybridized carbons (Fsp3) is 0.806. The number of carbonyl (C=O) groups is 3. The fourth-order valence-corrected chi connectivity index (χ4v) is 9.19. The van der Waals surface area contributed by atoms with Crippen LogP contribution >= 0.6 is 0 Å². The molecule has 0 heterocycles. The van der Waals surface area contributed by atoms with Crippen molar-refractivity contribution >= 4 is 17.9 Å². The SMILES string of the molecule is CCCCCCCCC/C=C\C=C/CCCCCCCC(=O)OCC(COC(=O)CCCCCCCCC/C=C\CCCCCCCCCC)OC(=O)CCCCCCC/C=C\C=C/CCCCCCCCC. The first-order chi connectivity index (χ1) is 36.0. The molecule has 424 valence electrons. The quantitative estimate of drug-likeness (QED) is 0.0199. The molecular formula is C67H120O6. The first-order valence-corrected chi connectivity index (χ1v) is 31.8. The van der Waals surface area contributed by atoms with Gasteiger partial charge in [0.05, 0.1) is 0 Å². The molecule has 0 fully saturated rings. The second-order valence-electron chi connectivity index (χ2n) is 21.4. The molecule has 6 heteroatoms. The van der Waals surface area contributed by atoms with Crippen LogP contribution in [0.5, 0.6) is 0 Å². The Hall–Kier alpha value is -2.89. The number of ether oxygens (including phenoxy) is 3. The number of unbranched alkanes of at least 4 members (excludes halogenated alkanes) is 39. The molecule has 0 aliphatic carbocycles. The van der Waals surface area contributed by atoms with E-state index in [0.717, 1.165) is 96.3 Å². The van der Waals surface area contributed by atoms with Crippen LogP contribution < -0.4 is 0 Å². The van der Waals surface area contributed by atoms with Crippen molar-refractivity contribution in [1.29, 1.82) is 0 Å². The van der Waals surface area contributed by atoms with Gasteiger partial charge in [0, 0.05) is 19.3 Å². The third-order valence-corrected chi connectivity index (χ3v) is 14.0. The minimum Gasteiger partial charge on any atom is -0.462 e. The van der Waals surface area contributed by atoms with Crippen molar-refractivity contribution < 1.29 is 28.6 Å². The van der Waals surface area contributed by atoms with Crippen LogP contribution in [0.3, 0.4) is 0 Å². The van der Waals surface area contributed by atoms with E-state index in [4.69, 9.17) is 14.2 Å². The number of carbonyl (C=O) groups excluding carboxylic acids is 3. The van der Waals surface area contributed by atoms with E-state index < -0.39 is 6.10 Å². The monoisotopic (exact) mass is 1020 g/mol. The van der Waals surface area contributed by atoms with Gasteiger partial charge in [-0.1, -0.05) is 274 Å². The van der Waals surface area contributed by atoms with Crippen molar-refractivity contribution in [2.24, 2.45) is 0 Å². The summed E-state index contributed by atoms with van der Waals surface area (Å²) >= 11 is 0. The van der Waals surface area contributed by atoms with Crippen LogP contribution in [0.15, 0.2) is 60.8 Å².